The van der Waals surface area contributed by atoms with E-state index in [2.05, 4.69) is 132 Å². The molecule has 0 N–H and O–H groups in total. The molecule has 5 nitrogen and oxygen atoms in total. The van der Waals surface area contributed by atoms with Crippen molar-refractivity contribution in [2.75, 3.05) is 0 Å². The van der Waals surface area contributed by atoms with Crippen molar-refractivity contribution in [2.24, 2.45) is 0 Å². The van der Waals surface area contributed by atoms with Crippen LogP contribution in [0.5, 0.6) is 0 Å². The molecule has 9 heteroatoms. The number of rotatable bonds is 6. The summed E-state index contributed by atoms with van der Waals surface area (Å²) in [5.41, 5.74) is 7.62. The van der Waals surface area contributed by atoms with Crippen LogP contribution in [0, 0.1) is 10.1 Å². The molecule has 0 aliphatic heterocycles. The van der Waals surface area contributed by atoms with E-state index in [9.17, 15) is 23.3 Å². The number of nitrogens with zero attached hydrogens (tertiary/aromatic N) is 3. The summed E-state index contributed by atoms with van der Waals surface area (Å²) < 4.78 is 33.8. The van der Waals surface area contributed by atoms with E-state index in [0.29, 0.717) is 10.6 Å². The maximum absolute atomic E-state index is 12.3. The molecule has 2 heterocycles. The minimum Gasteiger partial charge on any atom is -0.340 e. The summed E-state index contributed by atoms with van der Waals surface area (Å²) in [6.45, 7) is 2.37. The molecule has 0 bridgehead atoms. The van der Waals surface area contributed by atoms with Crippen LogP contribution in [0.15, 0.2) is 127 Å². The van der Waals surface area contributed by atoms with Crippen molar-refractivity contribution in [1.82, 2.24) is 9.13 Å². The van der Waals surface area contributed by atoms with Gasteiger partial charge in [0.15, 0.2) is 0 Å². The molecule has 0 fully saturated rings. The van der Waals surface area contributed by atoms with Crippen LogP contribution in [0.3, 0.4) is 0 Å². The van der Waals surface area contributed by atoms with E-state index < -0.39 is 12.6 Å². The Hall–Kier alpha value is -5.86. The van der Waals surface area contributed by atoms with Crippen molar-refractivity contribution in [2.45, 2.75) is 39.5 Å². The zero-order valence-electron chi connectivity index (χ0n) is 28.9. The Kier molecular flexibility index (Phi) is 8.79. The lowest BCUT2D eigenvalue weighted by atomic mass is 9.79. The number of fused-ring (bicyclic) bond motifs is 10. The van der Waals surface area contributed by atoms with E-state index in [1.165, 1.54) is 38.9 Å². The standard InChI is InChI=1S/C43H32ClN3O2.CHF3/c1-3-45-39-19-11-9-15-29(39)35-24-33(27-13-5-7-17-31(27)42(35)45)41(37-23-26(47(48)49)21-22-38(37)44)34-25-36-30-16-10-12-20-40(30)46(4-2)43(36)32-18-8-6-14-28(32)34;2-1(3)4/h5-25,41H,3-4H2,1-2H3;1H. The molecule has 9 aromatic rings. The van der Waals surface area contributed by atoms with Crippen LogP contribution in [0.4, 0.5) is 18.9 Å². The first-order valence-corrected chi connectivity index (χ1v) is 17.8. The molecule has 0 unspecified atom stereocenters. The summed E-state index contributed by atoms with van der Waals surface area (Å²) in [6.07, 6.45) is 0. The first kappa shape index (κ1) is 34.2. The van der Waals surface area contributed by atoms with Crippen LogP contribution < -0.4 is 0 Å². The predicted molar refractivity (Wildman–Crippen MR) is 211 cm³/mol. The summed E-state index contributed by atoms with van der Waals surface area (Å²) >= 11 is 7.15. The number of hydrogen-bond donors (Lipinski definition) is 0. The van der Waals surface area contributed by atoms with Gasteiger partial charge in [0.1, 0.15) is 0 Å². The third-order valence-electron chi connectivity index (χ3n) is 10.4. The second-order valence-corrected chi connectivity index (χ2v) is 13.4. The number of hydrogen-bond acceptors (Lipinski definition) is 2. The Bertz CT molecular complexity index is 2710. The fourth-order valence-electron chi connectivity index (χ4n) is 8.39. The molecule has 0 saturated carbocycles. The first-order valence-electron chi connectivity index (χ1n) is 17.4. The van der Waals surface area contributed by atoms with Crippen LogP contribution >= 0.6 is 11.6 Å². The highest BCUT2D eigenvalue weighted by molar-refractivity contribution is 6.31. The average Bonchev–Trinajstić information content (AvgIpc) is 3.67. The molecule has 0 atom stereocenters. The molecule has 264 valence electrons. The molecule has 0 aliphatic rings. The number of para-hydroxylation sites is 2. The van der Waals surface area contributed by atoms with Crippen LogP contribution in [0.25, 0.3) is 65.2 Å². The lowest BCUT2D eigenvalue weighted by Crippen LogP contribution is -2.08. The van der Waals surface area contributed by atoms with Crippen molar-refractivity contribution < 1.29 is 18.1 Å². The average molecular weight is 728 g/mol. The fourth-order valence-corrected chi connectivity index (χ4v) is 8.61. The molecule has 0 spiro atoms. The molecular formula is C44H33ClF3N3O2. The van der Waals surface area contributed by atoms with Gasteiger partial charge in [-0.2, -0.15) is 13.2 Å². The number of nitro groups is 1. The maximum Gasteiger partial charge on any atom is 0.379 e. The molecule has 0 saturated heterocycles. The molecule has 0 radical (unpaired) electrons. The van der Waals surface area contributed by atoms with Gasteiger partial charge in [-0.3, -0.25) is 10.1 Å². The van der Waals surface area contributed by atoms with Crippen molar-refractivity contribution in [3.05, 3.63) is 159 Å². The minimum atomic E-state index is -3.67. The fraction of sp³-hybridized carbons (Fsp3) is 0.136. The highest BCUT2D eigenvalue weighted by Gasteiger charge is 2.29. The van der Waals surface area contributed by atoms with E-state index >= 15 is 0 Å². The quantitative estimate of drug-likeness (QED) is 0.0972. The van der Waals surface area contributed by atoms with E-state index in [1.54, 1.807) is 12.1 Å². The molecule has 2 aromatic heterocycles. The van der Waals surface area contributed by atoms with Gasteiger partial charge >= 0.3 is 6.68 Å². The normalized spacial score (nSPS) is 11.8. The highest BCUT2D eigenvalue weighted by Crippen LogP contribution is 2.48. The van der Waals surface area contributed by atoms with Gasteiger partial charge in [0, 0.05) is 79.5 Å². The van der Waals surface area contributed by atoms with Crippen LogP contribution in [-0.2, 0) is 13.1 Å². The van der Waals surface area contributed by atoms with Crippen LogP contribution in [-0.4, -0.2) is 20.7 Å². The largest absolute Gasteiger partial charge is 0.379 e. The Labute approximate surface area is 307 Å². The highest BCUT2D eigenvalue weighted by atomic mass is 35.5. The van der Waals surface area contributed by atoms with Gasteiger partial charge in [0.2, 0.25) is 0 Å². The van der Waals surface area contributed by atoms with Crippen LogP contribution in [0.2, 0.25) is 5.02 Å². The van der Waals surface area contributed by atoms with Gasteiger partial charge in [-0.15, -0.1) is 0 Å². The minimum absolute atomic E-state index is 0.0188. The van der Waals surface area contributed by atoms with E-state index in [1.807, 2.05) is 0 Å². The SMILES string of the molecule is CCn1c2ccccc2c2cc(C(c3cc([N+](=O)[O-])ccc3Cl)c3cc4c5ccccc5n(CC)c4c4ccccc34)c3ccccc3c21.FC(F)F. The summed E-state index contributed by atoms with van der Waals surface area (Å²) in [6, 6.07) is 43.8. The Morgan fingerprint density at radius 3 is 1.38 bits per heavy atom. The number of alkyl halides is 3. The molecule has 53 heavy (non-hydrogen) atoms. The van der Waals surface area contributed by atoms with Gasteiger partial charge in [0.25, 0.3) is 5.69 Å². The van der Waals surface area contributed by atoms with Crippen molar-refractivity contribution in [1.29, 1.82) is 0 Å². The zero-order valence-corrected chi connectivity index (χ0v) is 29.6. The maximum atomic E-state index is 12.3. The second-order valence-electron chi connectivity index (χ2n) is 13.0. The van der Waals surface area contributed by atoms with Crippen molar-refractivity contribution in [3.8, 4) is 0 Å². The third-order valence-corrected chi connectivity index (χ3v) is 10.7. The Balaban J connectivity index is 0.000000954. The van der Waals surface area contributed by atoms with E-state index in [-0.39, 0.29) is 10.6 Å². The van der Waals surface area contributed by atoms with Gasteiger partial charge in [0.05, 0.1) is 16.0 Å². The monoisotopic (exact) mass is 727 g/mol. The van der Waals surface area contributed by atoms with E-state index in [4.69, 9.17) is 11.6 Å². The van der Waals surface area contributed by atoms with Crippen LogP contribution in [0.1, 0.15) is 36.5 Å². The number of non-ortho nitro benzene ring substituents is 1. The van der Waals surface area contributed by atoms with Gasteiger partial charge in [-0.25, -0.2) is 0 Å². The third kappa shape index (κ3) is 5.56. The molecule has 0 amide bonds. The Morgan fingerprint density at radius 1 is 0.566 bits per heavy atom. The first-order chi connectivity index (χ1) is 25.7. The predicted octanol–water partition coefficient (Wildman–Crippen LogP) is 13.2. The summed E-state index contributed by atoms with van der Waals surface area (Å²) in [5.74, 6) is -0.413. The number of aryl methyl sites for hydroxylation is 2. The summed E-state index contributed by atoms with van der Waals surface area (Å²) in [7, 11) is 0. The van der Waals surface area contributed by atoms with E-state index in [0.717, 1.165) is 56.5 Å². The molecule has 9 rings (SSSR count). The summed E-state index contributed by atoms with van der Waals surface area (Å²) in [5, 5.41) is 21.9. The molecular weight excluding hydrogens is 695 g/mol. The second kappa shape index (κ2) is 13.6. The lowest BCUT2D eigenvalue weighted by Gasteiger charge is -2.25. The molecule has 7 aromatic carbocycles. The number of benzene rings is 7. The topological polar surface area (TPSA) is 53.0 Å². The summed E-state index contributed by atoms with van der Waals surface area (Å²) in [4.78, 5) is 11.9. The van der Waals surface area contributed by atoms with Gasteiger partial charge < -0.3 is 9.13 Å². The number of nitro benzene ring substituents is 1. The lowest BCUT2D eigenvalue weighted by molar-refractivity contribution is -0.384. The van der Waals surface area contributed by atoms with Crippen molar-refractivity contribution >= 4 is 82.4 Å². The number of halogens is 4. The Morgan fingerprint density at radius 2 is 0.962 bits per heavy atom. The van der Waals surface area contributed by atoms with Crippen molar-refractivity contribution in [3.63, 3.8) is 0 Å². The van der Waals surface area contributed by atoms with Gasteiger partial charge in [-0.05, 0) is 71.6 Å². The smallest absolute Gasteiger partial charge is 0.340 e. The molecule has 0 aliphatic carbocycles. The zero-order chi connectivity index (χ0) is 37.0. The van der Waals surface area contributed by atoms with Gasteiger partial charge in [-0.1, -0.05) is 96.5 Å². The number of aromatic nitrogens is 2.